The van der Waals surface area contributed by atoms with E-state index < -0.39 is 0 Å². The van der Waals surface area contributed by atoms with Gasteiger partial charge >= 0.3 is 0 Å². The van der Waals surface area contributed by atoms with Gasteiger partial charge in [0.1, 0.15) is 5.82 Å². The number of nitrogens with zero attached hydrogens (tertiary/aromatic N) is 3. The van der Waals surface area contributed by atoms with Crippen LogP contribution >= 0.6 is 0 Å². The smallest absolute Gasteiger partial charge is 0.147 e. The maximum absolute atomic E-state index is 4.26. The molecule has 0 amide bonds. The molecule has 17 heavy (non-hydrogen) atoms. The maximum Gasteiger partial charge on any atom is 0.147 e. The Balaban J connectivity index is 2.15. The molecule has 0 saturated carbocycles. The van der Waals surface area contributed by atoms with Crippen molar-refractivity contribution in [2.24, 2.45) is 0 Å². The number of aryl methyl sites for hydroxylation is 1. The van der Waals surface area contributed by atoms with Crippen molar-refractivity contribution in [3.8, 4) is 0 Å². The minimum atomic E-state index is 0.630. The van der Waals surface area contributed by atoms with Crippen molar-refractivity contribution in [1.29, 1.82) is 0 Å². The SMILES string of the molecule is Cc1nccnc1NCCCCN(C)C(C)C. The first-order valence-electron chi connectivity index (χ1n) is 6.33. The lowest BCUT2D eigenvalue weighted by Crippen LogP contribution is -2.27. The monoisotopic (exact) mass is 236 g/mol. The summed E-state index contributed by atoms with van der Waals surface area (Å²) in [6, 6.07) is 0.630. The van der Waals surface area contributed by atoms with Crippen LogP contribution in [0, 0.1) is 6.92 Å². The Kier molecular flexibility index (Phi) is 5.91. The summed E-state index contributed by atoms with van der Waals surface area (Å²) >= 11 is 0. The number of anilines is 1. The zero-order chi connectivity index (χ0) is 12.7. The summed E-state index contributed by atoms with van der Waals surface area (Å²) in [5, 5.41) is 3.32. The second kappa shape index (κ2) is 7.22. The summed E-state index contributed by atoms with van der Waals surface area (Å²) in [6.07, 6.45) is 5.81. The van der Waals surface area contributed by atoms with E-state index >= 15 is 0 Å². The second-order valence-electron chi connectivity index (χ2n) is 4.70. The molecule has 1 heterocycles. The molecule has 0 aliphatic rings. The molecular formula is C13H24N4. The average Bonchev–Trinajstić information content (AvgIpc) is 2.30. The molecule has 0 aromatic carbocycles. The lowest BCUT2D eigenvalue weighted by Gasteiger charge is -2.20. The summed E-state index contributed by atoms with van der Waals surface area (Å²) in [6.45, 7) is 8.54. The van der Waals surface area contributed by atoms with Gasteiger partial charge in [-0.3, -0.25) is 4.98 Å². The van der Waals surface area contributed by atoms with E-state index in [0.29, 0.717) is 6.04 Å². The largest absolute Gasteiger partial charge is 0.369 e. The van der Waals surface area contributed by atoms with E-state index in [9.17, 15) is 0 Å². The zero-order valence-electron chi connectivity index (χ0n) is 11.4. The van der Waals surface area contributed by atoms with Crippen LogP contribution in [0.5, 0.6) is 0 Å². The normalized spacial score (nSPS) is 11.2. The predicted molar refractivity (Wildman–Crippen MR) is 72.3 cm³/mol. The van der Waals surface area contributed by atoms with Crippen LogP contribution in [-0.2, 0) is 0 Å². The van der Waals surface area contributed by atoms with Crippen LogP contribution in [0.2, 0.25) is 0 Å². The molecule has 4 heteroatoms. The van der Waals surface area contributed by atoms with Crippen LogP contribution in [0.25, 0.3) is 0 Å². The number of nitrogens with one attached hydrogen (secondary N) is 1. The van der Waals surface area contributed by atoms with Gasteiger partial charge in [0.2, 0.25) is 0 Å². The molecule has 0 aliphatic heterocycles. The Bertz CT molecular complexity index is 325. The highest BCUT2D eigenvalue weighted by Crippen LogP contribution is 2.06. The topological polar surface area (TPSA) is 41.1 Å². The molecule has 96 valence electrons. The number of rotatable bonds is 7. The minimum absolute atomic E-state index is 0.630. The van der Waals surface area contributed by atoms with Gasteiger partial charge in [-0.25, -0.2) is 4.98 Å². The Hall–Kier alpha value is -1.16. The van der Waals surface area contributed by atoms with Crippen LogP contribution in [-0.4, -0.2) is 41.0 Å². The molecule has 1 aromatic rings. The summed E-state index contributed by atoms with van der Waals surface area (Å²) in [4.78, 5) is 10.8. The highest BCUT2D eigenvalue weighted by molar-refractivity contribution is 5.37. The lowest BCUT2D eigenvalue weighted by atomic mass is 10.2. The Morgan fingerprint density at radius 1 is 1.24 bits per heavy atom. The van der Waals surface area contributed by atoms with Crippen molar-refractivity contribution >= 4 is 5.82 Å². The van der Waals surface area contributed by atoms with Crippen LogP contribution in [0.1, 0.15) is 32.4 Å². The van der Waals surface area contributed by atoms with Crippen LogP contribution < -0.4 is 5.32 Å². The number of unbranched alkanes of at least 4 members (excludes halogenated alkanes) is 1. The third-order valence-electron chi connectivity index (χ3n) is 2.99. The van der Waals surface area contributed by atoms with E-state index in [4.69, 9.17) is 0 Å². The third-order valence-corrected chi connectivity index (χ3v) is 2.99. The highest BCUT2D eigenvalue weighted by atomic mass is 15.1. The predicted octanol–water partition coefficient (Wildman–Crippen LogP) is 2.32. The fourth-order valence-electron chi connectivity index (χ4n) is 1.53. The van der Waals surface area contributed by atoms with E-state index in [0.717, 1.165) is 31.0 Å². The van der Waals surface area contributed by atoms with E-state index in [1.165, 1.54) is 6.42 Å². The maximum atomic E-state index is 4.26. The molecule has 0 radical (unpaired) electrons. The molecule has 0 saturated heterocycles. The first kappa shape index (κ1) is 13.9. The molecular weight excluding hydrogens is 212 g/mol. The van der Waals surface area contributed by atoms with Crippen LogP contribution in [0.4, 0.5) is 5.82 Å². The van der Waals surface area contributed by atoms with Crippen molar-refractivity contribution in [2.75, 3.05) is 25.5 Å². The van der Waals surface area contributed by atoms with Gasteiger partial charge < -0.3 is 10.2 Å². The quantitative estimate of drug-likeness (QED) is 0.738. The summed E-state index contributed by atoms with van der Waals surface area (Å²) in [5.74, 6) is 0.907. The van der Waals surface area contributed by atoms with Gasteiger partial charge in [-0.15, -0.1) is 0 Å². The van der Waals surface area contributed by atoms with E-state index in [1.807, 2.05) is 6.92 Å². The number of hydrogen-bond donors (Lipinski definition) is 1. The molecule has 0 aliphatic carbocycles. The summed E-state index contributed by atoms with van der Waals surface area (Å²) < 4.78 is 0. The molecule has 1 rings (SSSR count). The van der Waals surface area contributed by atoms with E-state index in [2.05, 4.69) is 41.1 Å². The van der Waals surface area contributed by atoms with Crippen LogP contribution in [0.3, 0.4) is 0 Å². The lowest BCUT2D eigenvalue weighted by molar-refractivity contribution is 0.269. The summed E-state index contributed by atoms with van der Waals surface area (Å²) in [5.41, 5.74) is 0.965. The van der Waals surface area contributed by atoms with Crippen LogP contribution in [0.15, 0.2) is 12.4 Å². The third kappa shape index (κ3) is 5.13. The van der Waals surface area contributed by atoms with Gasteiger partial charge in [-0.2, -0.15) is 0 Å². The molecule has 0 spiro atoms. The van der Waals surface area contributed by atoms with E-state index in [-0.39, 0.29) is 0 Å². The Morgan fingerprint density at radius 2 is 1.94 bits per heavy atom. The van der Waals surface area contributed by atoms with Gasteiger partial charge in [0.15, 0.2) is 0 Å². The molecule has 1 aromatic heterocycles. The molecule has 1 N–H and O–H groups in total. The molecule has 4 nitrogen and oxygen atoms in total. The van der Waals surface area contributed by atoms with Gasteiger partial charge in [-0.05, 0) is 47.2 Å². The zero-order valence-corrected chi connectivity index (χ0v) is 11.4. The summed E-state index contributed by atoms with van der Waals surface area (Å²) in [7, 11) is 2.17. The van der Waals surface area contributed by atoms with Gasteiger partial charge in [0.25, 0.3) is 0 Å². The second-order valence-corrected chi connectivity index (χ2v) is 4.70. The van der Waals surface area contributed by atoms with Gasteiger partial charge in [0, 0.05) is 25.0 Å². The van der Waals surface area contributed by atoms with Crippen molar-refractivity contribution in [3.05, 3.63) is 18.1 Å². The minimum Gasteiger partial charge on any atom is -0.369 e. The van der Waals surface area contributed by atoms with Crippen molar-refractivity contribution < 1.29 is 0 Å². The first-order valence-corrected chi connectivity index (χ1v) is 6.33. The standard InChI is InChI=1S/C13H24N4/c1-11(2)17(4)10-6-5-7-15-13-12(3)14-8-9-16-13/h8-9,11H,5-7,10H2,1-4H3,(H,15,16). The number of aromatic nitrogens is 2. The van der Waals surface area contributed by atoms with E-state index in [1.54, 1.807) is 12.4 Å². The fraction of sp³-hybridized carbons (Fsp3) is 0.692. The average molecular weight is 236 g/mol. The van der Waals surface area contributed by atoms with Gasteiger partial charge in [-0.1, -0.05) is 0 Å². The van der Waals surface area contributed by atoms with Crippen molar-refractivity contribution in [1.82, 2.24) is 14.9 Å². The highest BCUT2D eigenvalue weighted by Gasteiger charge is 2.02. The fourth-order valence-corrected chi connectivity index (χ4v) is 1.53. The number of hydrogen-bond acceptors (Lipinski definition) is 4. The Morgan fingerprint density at radius 3 is 2.59 bits per heavy atom. The molecule has 0 atom stereocenters. The Labute approximate surface area is 104 Å². The molecule has 0 unspecified atom stereocenters. The van der Waals surface area contributed by atoms with Crippen molar-refractivity contribution in [3.63, 3.8) is 0 Å². The van der Waals surface area contributed by atoms with Gasteiger partial charge in [0.05, 0.1) is 5.69 Å². The first-order chi connectivity index (χ1) is 8.11. The van der Waals surface area contributed by atoms with Crippen molar-refractivity contribution in [2.45, 2.75) is 39.7 Å². The molecule has 0 fully saturated rings. The molecule has 0 bridgehead atoms.